The summed E-state index contributed by atoms with van der Waals surface area (Å²) in [5.74, 6) is 0. The van der Waals surface area contributed by atoms with Crippen LogP contribution in [-0.2, 0) is 12.8 Å². The smallest absolute Gasteiger partial charge is 0.0133 e. The third-order valence-corrected chi connectivity index (χ3v) is 5.33. The molecule has 0 amide bonds. The van der Waals surface area contributed by atoms with Gasteiger partial charge in [-0.2, -0.15) is 0 Å². The molecule has 1 aromatic rings. The highest BCUT2D eigenvalue weighted by Gasteiger charge is 2.23. The molecule has 0 saturated carbocycles. The van der Waals surface area contributed by atoms with Gasteiger partial charge >= 0.3 is 0 Å². The second-order valence-electron chi connectivity index (χ2n) is 6.99. The number of benzene rings is 1. The van der Waals surface area contributed by atoms with E-state index in [1.165, 1.54) is 57.8 Å². The lowest BCUT2D eigenvalue weighted by Gasteiger charge is -2.31. The predicted octanol–water partition coefficient (Wildman–Crippen LogP) is 4.84. The summed E-state index contributed by atoms with van der Waals surface area (Å²) in [7, 11) is 4.46. The molecule has 2 aliphatic carbocycles. The van der Waals surface area contributed by atoms with Gasteiger partial charge in [0, 0.05) is 6.04 Å². The molecule has 3 rings (SSSR count). The maximum absolute atomic E-state index is 2.54. The van der Waals surface area contributed by atoms with Crippen LogP contribution in [-0.4, -0.2) is 25.0 Å². The lowest BCUT2D eigenvalue weighted by molar-refractivity contribution is 0.268. The molecular weight excluding hydrogens is 254 g/mol. The number of allylic oxidation sites excluding steroid dienone is 2. The molecular formula is C20H29N. The van der Waals surface area contributed by atoms with Gasteiger partial charge in [-0.25, -0.2) is 0 Å². The number of hydrogen-bond acceptors (Lipinski definition) is 1. The van der Waals surface area contributed by atoms with Crippen LogP contribution in [0.4, 0.5) is 0 Å². The van der Waals surface area contributed by atoms with Crippen molar-refractivity contribution in [2.24, 2.45) is 0 Å². The van der Waals surface area contributed by atoms with Crippen LogP contribution >= 0.6 is 0 Å². The van der Waals surface area contributed by atoms with Gasteiger partial charge in [0.25, 0.3) is 0 Å². The number of nitrogens with zero attached hydrogens (tertiary/aromatic N) is 1. The minimum Gasteiger partial charge on any atom is -0.306 e. The molecule has 0 radical (unpaired) electrons. The Kier molecular flexibility index (Phi) is 4.80. The monoisotopic (exact) mass is 283 g/mol. The van der Waals surface area contributed by atoms with E-state index >= 15 is 0 Å². The van der Waals surface area contributed by atoms with E-state index in [2.05, 4.69) is 43.3 Å². The fraction of sp³-hybridized carbons (Fsp3) is 0.600. The van der Waals surface area contributed by atoms with E-state index in [0.29, 0.717) is 6.04 Å². The van der Waals surface area contributed by atoms with Gasteiger partial charge in [0.05, 0.1) is 0 Å². The van der Waals surface area contributed by atoms with Gasteiger partial charge in [-0.05, 0) is 81.3 Å². The molecule has 1 heteroatoms. The van der Waals surface area contributed by atoms with Crippen molar-refractivity contribution in [2.45, 2.75) is 63.8 Å². The lowest BCUT2D eigenvalue weighted by atomic mass is 9.81. The van der Waals surface area contributed by atoms with E-state index in [4.69, 9.17) is 0 Å². The van der Waals surface area contributed by atoms with Gasteiger partial charge in [-0.3, -0.25) is 0 Å². The summed E-state index contributed by atoms with van der Waals surface area (Å²) >= 11 is 0. The highest BCUT2D eigenvalue weighted by atomic mass is 15.1. The van der Waals surface area contributed by atoms with E-state index in [1.807, 2.05) is 0 Å². The third-order valence-electron chi connectivity index (χ3n) is 5.33. The Balaban J connectivity index is 1.92. The van der Waals surface area contributed by atoms with Crippen LogP contribution in [0.25, 0.3) is 5.57 Å². The average molecular weight is 283 g/mol. The zero-order valence-corrected chi connectivity index (χ0v) is 13.7. The van der Waals surface area contributed by atoms with Crippen LogP contribution < -0.4 is 0 Å². The molecule has 0 spiro atoms. The van der Waals surface area contributed by atoms with Crippen molar-refractivity contribution in [3.63, 3.8) is 0 Å². The third kappa shape index (κ3) is 3.40. The van der Waals surface area contributed by atoms with Crippen molar-refractivity contribution in [3.8, 4) is 0 Å². The van der Waals surface area contributed by atoms with E-state index < -0.39 is 0 Å². The molecule has 0 aromatic heterocycles. The Hall–Kier alpha value is -1.08. The fourth-order valence-corrected chi connectivity index (χ4v) is 3.95. The number of fused-ring (bicyclic) bond motifs is 1. The van der Waals surface area contributed by atoms with Gasteiger partial charge in [0.1, 0.15) is 0 Å². The first-order valence-corrected chi connectivity index (χ1v) is 8.72. The van der Waals surface area contributed by atoms with Crippen molar-refractivity contribution in [3.05, 3.63) is 41.0 Å². The van der Waals surface area contributed by atoms with Gasteiger partial charge < -0.3 is 4.90 Å². The molecule has 0 bridgehead atoms. The lowest BCUT2D eigenvalue weighted by Crippen LogP contribution is -2.34. The van der Waals surface area contributed by atoms with Crippen molar-refractivity contribution < 1.29 is 0 Å². The summed E-state index contributed by atoms with van der Waals surface area (Å²) in [4.78, 5) is 2.41. The quantitative estimate of drug-likeness (QED) is 0.750. The highest BCUT2D eigenvalue weighted by Crippen LogP contribution is 2.33. The standard InChI is InChI=1S/C20H29N/c1-21(2)18-14-13-17-11-8-12-19(20(17)15-18)16-9-6-4-3-5-7-10-16/h8-9,11-12,18H,3-7,10,13-15H2,1-2H3/b16-9+/t18-/m1/s1. The summed E-state index contributed by atoms with van der Waals surface area (Å²) < 4.78 is 0. The van der Waals surface area contributed by atoms with Crippen LogP contribution in [0.1, 0.15) is 61.6 Å². The van der Waals surface area contributed by atoms with Crippen LogP contribution in [0.5, 0.6) is 0 Å². The Morgan fingerprint density at radius 2 is 1.86 bits per heavy atom. The van der Waals surface area contributed by atoms with Crippen LogP contribution in [0.15, 0.2) is 24.3 Å². The largest absolute Gasteiger partial charge is 0.306 e. The number of likely N-dealkylation sites (N-methyl/N-ethyl adjacent to an activating group) is 1. The zero-order chi connectivity index (χ0) is 14.7. The summed E-state index contributed by atoms with van der Waals surface area (Å²) in [6.07, 6.45) is 14.4. The average Bonchev–Trinajstić information content (AvgIpc) is 2.46. The molecule has 0 heterocycles. The van der Waals surface area contributed by atoms with Crippen LogP contribution in [0, 0.1) is 0 Å². The van der Waals surface area contributed by atoms with E-state index in [0.717, 1.165) is 0 Å². The minimum atomic E-state index is 0.716. The first kappa shape index (κ1) is 14.8. The summed E-state index contributed by atoms with van der Waals surface area (Å²) in [5.41, 5.74) is 6.45. The van der Waals surface area contributed by atoms with E-state index in [1.54, 1.807) is 22.3 Å². The number of aryl methyl sites for hydroxylation is 1. The Morgan fingerprint density at radius 1 is 1.00 bits per heavy atom. The second kappa shape index (κ2) is 6.79. The Bertz CT molecular complexity index is 513. The van der Waals surface area contributed by atoms with Crippen LogP contribution in [0.3, 0.4) is 0 Å². The second-order valence-corrected chi connectivity index (χ2v) is 6.99. The molecule has 1 atom stereocenters. The maximum Gasteiger partial charge on any atom is 0.0133 e. The molecule has 2 aliphatic rings. The molecule has 0 aliphatic heterocycles. The molecule has 0 fully saturated rings. The van der Waals surface area contributed by atoms with Gasteiger partial charge in [-0.15, -0.1) is 0 Å². The topological polar surface area (TPSA) is 3.24 Å². The minimum absolute atomic E-state index is 0.716. The summed E-state index contributed by atoms with van der Waals surface area (Å²) in [6.45, 7) is 0. The first-order chi connectivity index (χ1) is 10.3. The number of hydrogen-bond donors (Lipinski definition) is 0. The first-order valence-electron chi connectivity index (χ1n) is 8.72. The Labute approximate surface area is 130 Å². The highest BCUT2D eigenvalue weighted by molar-refractivity contribution is 5.70. The molecule has 1 nitrogen and oxygen atoms in total. The van der Waals surface area contributed by atoms with Crippen molar-refractivity contribution in [2.75, 3.05) is 14.1 Å². The maximum atomic E-state index is 2.54. The van der Waals surface area contributed by atoms with Gasteiger partial charge in [0.15, 0.2) is 0 Å². The molecule has 1 aromatic carbocycles. The molecule has 114 valence electrons. The Morgan fingerprint density at radius 3 is 2.71 bits per heavy atom. The molecule has 0 saturated heterocycles. The van der Waals surface area contributed by atoms with Crippen molar-refractivity contribution in [1.82, 2.24) is 4.90 Å². The molecule has 0 unspecified atom stereocenters. The molecule has 21 heavy (non-hydrogen) atoms. The van der Waals surface area contributed by atoms with Crippen LogP contribution in [0.2, 0.25) is 0 Å². The van der Waals surface area contributed by atoms with Crippen molar-refractivity contribution in [1.29, 1.82) is 0 Å². The SMILES string of the molecule is CN(C)[C@@H]1CCc2cccc(/C3=C/CCCCCC3)c2C1. The predicted molar refractivity (Wildman–Crippen MR) is 91.6 cm³/mol. The van der Waals surface area contributed by atoms with Crippen molar-refractivity contribution >= 4 is 5.57 Å². The normalized spacial score (nSPS) is 25.7. The molecule has 0 N–H and O–H groups in total. The van der Waals surface area contributed by atoms with Gasteiger partial charge in [-0.1, -0.05) is 37.1 Å². The summed E-state index contributed by atoms with van der Waals surface area (Å²) in [5, 5.41) is 0. The number of rotatable bonds is 2. The van der Waals surface area contributed by atoms with E-state index in [9.17, 15) is 0 Å². The zero-order valence-electron chi connectivity index (χ0n) is 13.7. The summed E-state index contributed by atoms with van der Waals surface area (Å²) in [6, 6.07) is 7.73. The van der Waals surface area contributed by atoms with E-state index in [-0.39, 0.29) is 0 Å². The van der Waals surface area contributed by atoms with Gasteiger partial charge in [0.2, 0.25) is 0 Å². The fourth-order valence-electron chi connectivity index (χ4n) is 3.95.